The SMILES string of the molecule is Cc1onc(-c2ccccc2)c1C(=O)NCCCN1CCN(c2ccccc2O)CC1. The molecule has 0 unspecified atom stereocenters. The van der Waals surface area contributed by atoms with E-state index in [0.29, 0.717) is 29.3 Å². The monoisotopic (exact) mass is 420 g/mol. The van der Waals surface area contributed by atoms with Gasteiger partial charge in [-0.05, 0) is 32.0 Å². The van der Waals surface area contributed by atoms with Crippen molar-refractivity contribution in [3.8, 4) is 17.0 Å². The molecular formula is C24H28N4O3. The van der Waals surface area contributed by atoms with Gasteiger partial charge in [0.15, 0.2) is 0 Å². The van der Waals surface area contributed by atoms with Crippen molar-refractivity contribution in [2.75, 3.05) is 44.2 Å². The summed E-state index contributed by atoms with van der Waals surface area (Å²) in [6.45, 7) is 6.91. The molecule has 0 bridgehead atoms. The van der Waals surface area contributed by atoms with Crippen LogP contribution in [0.15, 0.2) is 59.1 Å². The summed E-state index contributed by atoms with van der Waals surface area (Å²) in [5.74, 6) is 0.705. The summed E-state index contributed by atoms with van der Waals surface area (Å²) in [5.41, 5.74) is 2.85. The van der Waals surface area contributed by atoms with Gasteiger partial charge in [-0.2, -0.15) is 0 Å². The molecule has 7 heteroatoms. The smallest absolute Gasteiger partial charge is 0.257 e. The Morgan fingerprint density at radius 1 is 1.06 bits per heavy atom. The topological polar surface area (TPSA) is 81.8 Å². The maximum atomic E-state index is 12.7. The average Bonchev–Trinajstić information content (AvgIpc) is 3.19. The third-order valence-electron chi connectivity index (χ3n) is 5.67. The number of benzene rings is 2. The van der Waals surface area contributed by atoms with Crippen LogP contribution in [-0.4, -0.2) is 60.3 Å². The second-order valence-corrected chi connectivity index (χ2v) is 7.76. The lowest BCUT2D eigenvalue weighted by molar-refractivity contribution is 0.0950. The number of piperazine rings is 1. The van der Waals surface area contributed by atoms with Crippen molar-refractivity contribution in [2.24, 2.45) is 0 Å². The molecule has 1 saturated heterocycles. The Bertz CT molecular complexity index is 1010. The van der Waals surface area contributed by atoms with Gasteiger partial charge < -0.3 is 19.8 Å². The molecule has 0 saturated carbocycles. The Kier molecular flexibility index (Phi) is 6.52. The van der Waals surface area contributed by atoms with Crippen molar-refractivity contribution in [1.82, 2.24) is 15.4 Å². The summed E-state index contributed by atoms with van der Waals surface area (Å²) >= 11 is 0. The van der Waals surface area contributed by atoms with E-state index in [-0.39, 0.29) is 5.91 Å². The zero-order chi connectivity index (χ0) is 21.6. The van der Waals surface area contributed by atoms with E-state index in [1.165, 1.54) is 0 Å². The summed E-state index contributed by atoms with van der Waals surface area (Å²) in [6.07, 6.45) is 0.868. The fourth-order valence-corrected chi connectivity index (χ4v) is 3.97. The van der Waals surface area contributed by atoms with Crippen LogP contribution < -0.4 is 10.2 Å². The molecule has 1 aliphatic rings. The first-order valence-electron chi connectivity index (χ1n) is 10.7. The first-order valence-corrected chi connectivity index (χ1v) is 10.7. The average molecular weight is 421 g/mol. The van der Waals surface area contributed by atoms with Crippen molar-refractivity contribution >= 4 is 11.6 Å². The van der Waals surface area contributed by atoms with E-state index < -0.39 is 0 Å². The van der Waals surface area contributed by atoms with Gasteiger partial charge in [0.1, 0.15) is 22.8 Å². The maximum absolute atomic E-state index is 12.7. The molecule has 1 aromatic heterocycles. The lowest BCUT2D eigenvalue weighted by Gasteiger charge is -2.36. The fraction of sp³-hybridized carbons (Fsp3) is 0.333. The molecule has 7 nitrogen and oxygen atoms in total. The predicted molar refractivity (Wildman–Crippen MR) is 120 cm³/mol. The number of aromatic hydroxyl groups is 1. The number of carbonyl (C=O) groups is 1. The third-order valence-corrected chi connectivity index (χ3v) is 5.67. The molecule has 3 aromatic rings. The van der Waals surface area contributed by atoms with Gasteiger partial charge >= 0.3 is 0 Å². The van der Waals surface area contributed by atoms with Crippen LogP contribution >= 0.6 is 0 Å². The zero-order valence-electron chi connectivity index (χ0n) is 17.8. The molecule has 2 aromatic carbocycles. The highest BCUT2D eigenvalue weighted by atomic mass is 16.5. The largest absolute Gasteiger partial charge is 0.506 e. The van der Waals surface area contributed by atoms with E-state index in [9.17, 15) is 9.90 Å². The van der Waals surface area contributed by atoms with Crippen LogP contribution in [0.5, 0.6) is 5.75 Å². The molecule has 0 atom stereocenters. The van der Waals surface area contributed by atoms with Gasteiger partial charge in [0.2, 0.25) is 0 Å². The summed E-state index contributed by atoms with van der Waals surface area (Å²) < 4.78 is 5.29. The molecule has 1 fully saturated rings. The first kappa shape index (κ1) is 20.9. The van der Waals surface area contributed by atoms with Crippen LogP contribution in [0.4, 0.5) is 5.69 Å². The third kappa shape index (κ3) is 4.88. The Morgan fingerprint density at radius 3 is 2.52 bits per heavy atom. The van der Waals surface area contributed by atoms with Gasteiger partial charge in [-0.25, -0.2) is 0 Å². The minimum Gasteiger partial charge on any atom is -0.506 e. The molecule has 2 heterocycles. The maximum Gasteiger partial charge on any atom is 0.257 e. The normalized spacial score (nSPS) is 14.5. The van der Waals surface area contributed by atoms with Crippen molar-refractivity contribution in [2.45, 2.75) is 13.3 Å². The summed E-state index contributed by atoms with van der Waals surface area (Å²) in [4.78, 5) is 17.4. The van der Waals surface area contributed by atoms with Crippen LogP contribution in [0.1, 0.15) is 22.5 Å². The molecule has 0 radical (unpaired) electrons. The summed E-state index contributed by atoms with van der Waals surface area (Å²) in [6, 6.07) is 17.1. The molecule has 31 heavy (non-hydrogen) atoms. The molecule has 1 amide bonds. The van der Waals surface area contributed by atoms with E-state index in [1.807, 2.05) is 48.5 Å². The number of aryl methyl sites for hydroxylation is 1. The van der Waals surface area contributed by atoms with Crippen molar-refractivity contribution < 1.29 is 14.4 Å². The fourth-order valence-electron chi connectivity index (χ4n) is 3.97. The Labute approximate surface area is 182 Å². The van der Waals surface area contributed by atoms with E-state index in [1.54, 1.807) is 13.0 Å². The van der Waals surface area contributed by atoms with Gasteiger partial charge in [0.25, 0.3) is 5.91 Å². The van der Waals surface area contributed by atoms with E-state index in [4.69, 9.17) is 4.52 Å². The number of para-hydroxylation sites is 2. The van der Waals surface area contributed by atoms with Gasteiger partial charge in [-0.15, -0.1) is 0 Å². The number of nitrogens with one attached hydrogen (secondary N) is 1. The number of anilines is 1. The van der Waals surface area contributed by atoms with Gasteiger partial charge in [-0.3, -0.25) is 9.69 Å². The minimum atomic E-state index is -0.151. The predicted octanol–water partition coefficient (Wildman–Crippen LogP) is 3.30. The molecule has 1 aliphatic heterocycles. The summed E-state index contributed by atoms with van der Waals surface area (Å²) in [7, 11) is 0. The lowest BCUT2D eigenvalue weighted by atomic mass is 10.1. The molecular weight excluding hydrogens is 392 g/mol. The van der Waals surface area contributed by atoms with E-state index in [2.05, 4.69) is 20.3 Å². The number of rotatable bonds is 7. The minimum absolute atomic E-state index is 0.151. The van der Waals surface area contributed by atoms with Crippen molar-refractivity contribution in [3.05, 3.63) is 65.9 Å². The second kappa shape index (κ2) is 9.66. The molecule has 162 valence electrons. The number of aromatic nitrogens is 1. The van der Waals surface area contributed by atoms with Crippen LogP contribution in [0.25, 0.3) is 11.3 Å². The number of carbonyl (C=O) groups excluding carboxylic acids is 1. The molecule has 0 spiro atoms. The van der Waals surface area contributed by atoms with Crippen molar-refractivity contribution in [3.63, 3.8) is 0 Å². The Morgan fingerprint density at radius 2 is 1.77 bits per heavy atom. The number of hydrogen-bond donors (Lipinski definition) is 2. The Balaban J connectivity index is 1.24. The van der Waals surface area contributed by atoms with Crippen LogP contribution in [0.2, 0.25) is 0 Å². The highest BCUT2D eigenvalue weighted by molar-refractivity contribution is 6.00. The molecule has 4 rings (SSSR count). The van der Waals surface area contributed by atoms with E-state index >= 15 is 0 Å². The van der Waals surface area contributed by atoms with Crippen LogP contribution in [0.3, 0.4) is 0 Å². The zero-order valence-corrected chi connectivity index (χ0v) is 17.8. The number of phenols is 1. The summed E-state index contributed by atoms with van der Waals surface area (Å²) in [5, 5.41) is 17.1. The Hall–Kier alpha value is -3.32. The van der Waals surface area contributed by atoms with Gasteiger partial charge in [0.05, 0.1) is 5.69 Å². The van der Waals surface area contributed by atoms with E-state index in [0.717, 1.165) is 50.4 Å². The molecule has 0 aliphatic carbocycles. The quantitative estimate of drug-likeness (QED) is 0.571. The van der Waals surface area contributed by atoms with Gasteiger partial charge in [-0.1, -0.05) is 47.6 Å². The number of nitrogens with zero attached hydrogens (tertiary/aromatic N) is 3. The van der Waals surface area contributed by atoms with Crippen LogP contribution in [0, 0.1) is 6.92 Å². The lowest BCUT2D eigenvalue weighted by Crippen LogP contribution is -2.47. The van der Waals surface area contributed by atoms with Crippen molar-refractivity contribution in [1.29, 1.82) is 0 Å². The number of hydrogen-bond acceptors (Lipinski definition) is 6. The second-order valence-electron chi connectivity index (χ2n) is 7.76. The molecule has 2 N–H and O–H groups in total. The number of amides is 1. The first-order chi connectivity index (χ1) is 15.1. The highest BCUT2D eigenvalue weighted by Gasteiger charge is 2.22. The van der Waals surface area contributed by atoms with Gasteiger partial charge in [0, 0.05) is 38.3 Å². The number of phenolic OH excluding ortho intramolecular Hbond substituents is 1. The van der Waals surface area contributed by atoms with Crippen LogP contribution in [-0.2, 0) is 0 Å². The highest BCUT2D eigenvalue weighted by Crippen LogP contribution is 2.27. The standard InChI is InChI=1S/C24H28N4O3/c1-18-22(23(26-31-18)19-8-3-2-4-9-19)24(30)25-12-7-13-27-14-16-28(17-15-27)20-10-5-6-11-21(20)29/h2-6,8-11,29H,7,12-17H2,1H3,(H,25,30).